The Hall–Kier alpha value is -3.46. The molecular weight excluding hydrogens is 389 g/mol. The largest absolute Gasteiger partial charge is 0.495 e. The molecule has 0 aromatic carbocycles. The van der Waals surface area contributed by atoms with Crippen LogP contribution < -0.4 is 10.1 Å². The van der Waals surface area contributed by atoms with Crippen molar-refractivity contribution in [2.45, 2.75) is 25.9 Å². The lowest BCUT2D eigenvalue weighted by atomic mass is 10.0. The van der Waals surface area contributed by atoms with Crippen LogP contribution >= 0.6 is 0 Å². The van der Waals surface area contributed by atoms with Gasteiger partial charge in [0.1, 0.15) is 17.0 Å². The molecule has 3 aromatic heterocycles. The van der Waals surface area contributed by atoms with Gasteiger partial charge in [-0.3, -0.25) is 14.8 Å². The van der Waals surface area contributed by atoms with Crippen molar-refractivity contribution in [1.29, 1.82) is 0 Å². The first-order chi connectivity index (χ1) is 14.3. The third-order valence-electron chi connectivity index (χ3n) is 4.36. The number of pyridine rings is 2. The van der Waals surface area contributed by atoms with Gasteiger partial charge in [0.25, 0.3) is 5.91 Å². The fraction of sp³-hybridized carbons (Fsp3) is 0.286. The third-order valence-corrected chi connectivity index (χ3v) is 4.36. The zero-order valence-corrected chi connectivity index (χ0v) is 16.9. The molecule has 1 amide bonds. The molecule has 0 spiro atoms. The fourth-order valence-corrected chi connectivity index (χ4v) is 2.68. The van der Waals surface area contributed by atoms with Gasteiger partial charge in [-0.2, -0.15) is 4.39 Å². The van der Waals surface area contributed by atoms with Crippen LogP contribution in [-0.4, -0.2) is 44.6 Å². The lowest BCUT2D eigenvalue weighted by molar-refractivity contribution is 0.0738. The van der Waals surface area contributed by atoms with E-state index in [9.17, 15) is 14.3 Å². The van der Waals surface area contributed by atoms with E-state index in [0.717, 1.165) is 0 Å². The van der Waals surface area contributed by atoms with Gasteiger partial charge in [-0.25, -0.2) is 9.97 Å². The summed E-state index contributed by atoms with van der Waals surface area (Å²) in [5, 5.41) is 12.7. The maximum absolute atomic E-state index is 13.8. The van der Waals surface area contributed by atoms with E-state index < -0.39 is 17.5 Å². The molecule has 0 fully saturated rings. The Morgan fingerprint density at radius 2 is 2.00 bits per heavy atom. The van der Waals surface area contributed by atoms with Crippen molar-refractivity contribution in [2.24, 2.45) is 0 Å². The monoisotopic (exact) mass is 411 g/mol. The minimum atomic E-state index is -1.05. The first-order valence-electron chi connectivity index (χ1n) is 9.26. The highest BCUT2D eigenvalue weighted by Crippen LogP contribution is 2.21. The van der Waals surface area contributed by atoms with E-state index in [4.69, 9.17) is 4.74 Å². The van der Waals surface area contributed by atoms with E-state index in [0.29, 0.717) is 28.3 Å². The van der Waals surface area contributed by atoms with E-state index in [1.165, 1.54) is 25.7 Å². The molecule has 0 unspecified atom stereocenters. The topological polar surface area (TPSA) is 110 Å². The van der Waals surface area contributed by atoms with Crippen LogP contribution in [-0.2, 0) is 12.0 Å². The van der Waals surface area contributed by atoms with Gasteiger partial charge in [0.15, 0.2) is 0 Å². The van der Waals surface area contributed by atoms with Crippen LogP contribution in [0.2, 0.25) is 0 Å². The standard InChI is InChI=1S/C21H22FN5O3/c1-21(2,29)18-5-4-14(9-25-18)16-11-23-12-17(27-16)20(28)24-7-6-13-8-15(30-3)10-26-19(13)22/h4-5,8-12,29H,6-7H2,1-3H3,(H,24,28). The zero-order chi connectivity index (χ0) is 21.7. The van der Waals surface area contributed by atoms with Gasteiger partial charge >= 0.3 is 0 Å². The number of carbonyl (C=O) groups excluding carboxylic acids is 1. The van der Waals surface area contributed by atoms with E-state index in [2.05, 4.69) is 25.3 Å². The molecule has 0 saturated carbocycles. The van der Waals surface area contributed by atoms with Gasteiger partial charge in [-0.05, 0) is 38.5 Å². The summed E-state index contributed by atoms with van der Waals surface area (Å²) in [5.74, 6) is -0.587. The number of aliphatic hydroxyl groups is 1. The molecule has 0 saturated heterocycles. The molecular formula is C21H22FN5O3. The minimum Gasteiger partial charge on any atom is -0.495 e. The Bertz CT molecular complexity index is 1040. The second-order valence-electron chi connectivity index (χ2n) is 7.11. The first kappa shape index (κ1) is 21.3. The highest BCUT2D eigenvalue weighted by atomic mass is 19.1. The summed E-state index contributed by atoms with van der Waals surface area (Å²) in [4.78, 5) is 28.7. The summed E-state index contributed by atoms with van der Waals surface area (Å²) < 4.78 is 18.8. The molecule has 0 aliphatic rings. The normalized spacial score (nSPS) is 11.2. The second kappa shape index (κ2) is 8.91. The molecule has 3 heterocycles. The van der Waals surface area contributed by atoms with Gasteiger partial charge in [0, 0.05) is 23.9 Å². The predicted molar refractivity (Wildman–Crippen MR) is 107 cm³/mol. The number of rotatable bonds is 7. The Balaban J connectivity index is 1.66. The van der Waals surface area contributed by atoms with Crippen molar-refractivity contribution in [3.8, 4) is 17.0 Å². The number of hydrogen-bond acceptors (Lipinski definition) is 7. The number of hydrogen-bond donors (Lipinski definition) is 2. The van der Waals surface area contributed by atoms with Gasteiger partial charge < -0.3 is 15.2 Å². The molecule has 0 atom stereocenters. The molecule has 0 bridgehead atoms. The highest BCUT2D eigenvalue weighted by Gasteiger charge is 2.18. The van der Waals surface area contributed by atoms with E-state index in [1.54, 1.807) is 38.2 Å². The van der Waals surface area contributed by atoms with Gasteiger partial charge in [-0.1, -0.05) is 0 Å². The third kappa shape index (κ3) is 5.12. The highest BCUT2D eigenvalue weighted by molar-refractivity contribution is 5.92. The number of halogens is 1. The molecule has 2 N–H and O–H groups in total. The molecule has 8 nitrogen and oxygen atoms in total. The molecule has 30 heavy (non-hydrogen) atoms. The summed E-state index contributed by atoms with van der Waals surface area (Å²) in [7, 11) is 1.47. The minimum absolute atomic E-state index is 0.128. The van der Waals surface area contributed by atoms with E-state index in [-0.39, 0.29) is 18.7 Å². The molecule has 9 heteroatoms. The summed E-state index contributed by atoms with van der Waals surface area (Å²) in [5.41, 5.74) is 1.07. The van der Waals surface area contributed by atoms with Crippen molar-refractivity contribution in [1.82, 2.24) is 25.3 Å². The Labute approximate surface area is 173 Å². The molecule has 0 radical (unpaired) electrons. The fourth-order valence-electron chi connectivity index (χ4n) is 2.68. The Kier molecular flexibility index (Phi) is 6.31. The van der Waals surface area contributed by atoms with Crippen LogP contribution in [0.5, 0.6) is 5.75 Å². The summed E-state index contributed by atoms with van der Waals surface area (Å²) in [6, 6.07) is 4.99. The van der Waals surface area contributed by atoms with Crippen LogP contribution in [0.3, 0.4) is 0 Å². The number of carbonyl (C=O) groups is 1. The van der Waals surface area contributed by atoms with Crippen molar-refractivity contribution >= 4 is 5.91 Å². The quantitative estimate of drug-likeness (QED) is 0.574. The zero-order valence-electron chi connectivity index (χ0n) is 16.9. The van der Waals surface area contributed by atoms with Crippen LogP contribution in [0.1, 0.15) is 35.6 Å². The number of aromatic nitrogens is 4. The molecule has 156 valence electrons. The molecule has 3 aromatic rings. The van der Waals surface area contributed by atoms with Gasteiger partial charge in [0.2, 0.25) is 5.95 Å². The second-order valence-corrected chi connectivity index (χ2v) is 7.11. The molecule has 0 aliphatic heterocycles. The van der Waals surface area contributed by atoms with Crippen molar-refractivity contribution < 1.29 is 19.0 Å². The lowest BCUT2D eigenvalue weighted by Gasteiger charge is -2.16. The van der Waals surface area contributed by atoms with Crippen molar-refractivity contribution in [3.05, 3.63) is 65.9 Å². The predicted octanol–water partition coefficient (Wildman–Crippen LogP) is 2.28. The van der Waals surface area contributed by atoms with Crippen molar-refractivity contribution in [3.63, 3.8) is 0 Å². The van der Waals surface area contributed by atoms with Crippen LogP contribution in [0, 0.1) is 5.95 Å². The van der Waals surface area contributed by atoms with Crippen LogP contribution in [0.25, 0.3) is 11.3 Å². The van der Waals surface area contributed by atoms with Crippen LogP contribution in [0.15, 0.2) is 43.0 Å². The van der Waals surface area contributed by atoms with Crippen molar-refractivity contribution in [2.75, 3.05) is 13.7 Å². The summed E-state index contributed by atoms with van der Waals surface area (Å²) in [6.07, 6.45) is 5.98. The number of amides is 1. The summed E-state index contributed by atoms with van der Waals surface area (Å²) >= 11 is 0. The average molecular weight is 411 g/mol. The maximum Gasteiger partial charge on any atom is 0.271 e. The smallest absolute Gasteiger partial charge is 0.271 e. The Morgan fingerprint density at radius 1 is 1.20 bits per heavy atom. The number of methoxy groups -OCH3 is 1. The Morgan fingerprint density at radius 3 is 2.67 bits per heavy atom. The lowest BCUT2D eigenvalue weighted by Crippen LogP contribution is -2.27. The first-order valence-corrected chi connectivity index (χ1v) is 9.26. The summed E-state index contributed by atoms with van der Waals surface area (Å²) in [6.45, 7) is 3.48. The van der Waals surface area contributed by atoms with E-state index >= 15 is 0 Å². The number of ether oxygens (including phenoxy) is 1. The molecule has 0 aliphatic carbocycles. The van der Waals surface area contributed by atoms with Gasteiger partial charge in [0.05, 0.1) is 37.1 Å². The number of nitrogens with one attached hydrogen (secondary N) is 1. The average Bonchev–Trinajstić information content (AvgIpc) is 2.74. The molecule has 3 rings (SSSR count). The van der Waals surface area contributed by atoms with E-state index in [1.807, 2.05) is 0 Å². The number of nitrogens with zero attached hydrogens (tertiary/aromatic N) is 4. The van der Waals surface area contributed by atoms with Gasteiger partial charge in [-0.15, -0.1) is 0 Å². The maximum atomic E-state index is 13.8. The SMILES string of the molecule is COc1cnc(F)c(CCNC(=O)c2cncc(-c3ccc(C(C)(C)O)nc3)n2)c1. The van der Waals surface area contributed by atoms with Crippen LogP contribution in [0.4, 0.5) is 4.39 Å².